The number of hydrogen-bond donors (Lipinski definition) is 2. The zero-order chi connectivity index (χ0) is 15.4. The number of rotatable bonds is 5. The maximum absolute atomic E-state index is 13.0. The molecule has 2 aromatic rings. The smallest absolute Gasteiger partial charge is 0.355 e. The average Bonchev–Trinajstić information content (AvgIpc) is 2.86. The first-order chi connectivity index (χ1) is 9.95. The van der Waals surface area contributed by atoms with Crippen LogP contribution in [0.1, 0.15) is 25.9 Å². The summed E-state index contributed by atoms with van der Waals surface area (Å²) in [7, 11) is 0. The van der Waals surface area contributed by atoms with E-state index in [1.165, 1.54) is 16.7 Å². The molecule has 0 spiro atoms. The van der Waals surface area contributed by atoms with E-state index >= 15 is 0 Å². The summed E-state index contributed by atoms with van der Waals surface area (Å²) in [6, 6.07) is 2.55. The lowest BCUT2D eigenvalue weighted by Crippen LogP contribution is -2.25. The lowest BCUT2D eigenvalue weighted by molar-refractivity contribution is 0.0690. The molecule has 21 heavy (non-hydrogen) atoms. The van der Waals surface area contributed by atoms with Gasteiger partial charge in [0.05, 0.1) is 5.01 Å². The molecule has 0 unspecified atom stereocenters. The van der Waals surface area contributed by atoms with E-state index in [1.54, 1.807) is 0 Å². The van der Waals surface area contributed by atoms with Gasteiger partial charge < -0.3 is 10.4 Å². The third-order valence-electron chi connectivity index (χ3n) is 2.52. The first-order valence-corrected chi connectivity index (χ1v) is 6.75. The van der Waals surface area contributed by atoms with Crippen molar-refractivity contribution < 1.29 is 23.5 Å². The monoisotopic (exact) mass is 312 g/mol. The Morgan fingerprint density at radius 2 is 1.90 bits per heavy atom. The van der Waals surface area contributed by atoms with Crippen LogP contribution >= 0.6 is 11.3 Å². The summed E-state index contributed by atoms with van der Waals surface area (Å²) >= 11 is 1.17. The summed E-state index contributed by atoms with van der Waals surface area (Å²) in [6.07, 6.45) is 0.335. The van der Waals surface area contributed by atoms with E-state index in [0.29, 0.717) is 17.5 Å². The molecule has 1 heterocycles. The molecule has 1 aromatic heterocycles. The number of carboxylic acid groups (broad SMARTS) is 1. The largest absolute Gasteiger partial charge is 0.476 e. The van der Waals surface area contributed by atoms with Gasteiger partial charge in [0.15, 0.2) is 5.69 Å². The van der Waals surface area contributed by atoms with Gasteiger partial charge in [0.1, 0.15) is 11.6 Å². The lowest BCUT2D eigenvalue weighted by Gasteiger charge is -2.04. The fourth-order valence-corrected chi connectivity index (χ4v) is 2.37. The van der Waals surface area contributed by atoms with Gasteiger partial charge in [-0.1, -0.05) is 0 Å². The van der Waals surface area contributed by atoms with Crippen LogP contribution in [0.3, 0.4) is 0 Å². The van der Waals surface area contributed by atoms with Gasteiger partial charge in [-0.2, -0.15) is 0 Å². The van der Waals surface area contributed by atoms with Gasteiger partial charge >= 0.3 is 5.97 Å². The zero-order valence-electron chi connectivity index (χ0n) is 10.6. The fourth-order valence-electron chi connectivity index (χ4n) is 1.59. The van der Waals surface area contributed by atoms with E-state index in [1.807, 2.05) is 0 Å². The predicted octanol–water partition coefficient (Wildman–Crippen LogP) is 2.09. The van der Waals surface area contributed by atoms with Crippen molar-refractivity contribution in [3.63, 3.8) is 0 Å². The van der Waals surface area contributed by atoms with Crippen molar-refractivity contribution in [2.45, 2.75) is 6.42 Å². The molecule has 5 nitrogen and oxygen atoms in total. The third-order valence-corrected chi connectivity index (χ3v) is 3.43. The molecule has 110 valence electrons. The van der Waals surface area contributed by atoms with Crippen LogP contribution in [0.2, 0.25) is 0 Å². The molecule has 8 heteroatoms. The van der Waals surface area contributed by atoms with Crippen LogP contribution < -0.4 is 5.32 Å². The van der Waals surface area contributed by atoms with Crippen LogP contribution in [0.4, 0.5) is 8.78 Å². The van der Waals surface area contributed by atoms with Gasteiger partial charge in [0.25, 0.3) is 5.91 Å². The average molecular weight is 312 g/mol. The molecule has 0 saturated heterocycles. The second-order valence-corrected chi connectivity index (χ2v) is 5.04. The minimum atomic E-state index is -1.11. The molecule has 0 atom stereocenters. The molecule has 0 aliphatic rings. The van der Waals surface area contributed by atoms with Crippen molar-refractivity contribution in [1.29, 1.82) is 0 Å². The number of aromatic carboxylic acids is 1. The lowest BCUT2D eigenvalue weighted by atomic mass is 10.2. The van der Waals surface area contributed by atoms with Gasteiger partial charge in [0.2, 0.25) is 0 Å². The number of amides is 1. The SMILES string of the molecule is O=C(NCCc1nc(C(=O)O)cs1)c1cc(F)cc(F)c1. The minimum Gasteiger partial charge on any atom is -0.476 e. The van der Waals surface area contributed by atoms with Crippen molar-refractivity contribution in [2.24, 2.45) is 0 Å². The molecular formula is C13H10F2N2O3S. The highest BCUT2D eigenvalue weighted by atomic mass is 32.1. The number of nitrogens with zero attached hydrogens (tertiary/aromatic N) is 1. The molecule has 1 amide bonds. The quantitative estimate of drug-likeness (QED) is 0.886. The summed E-state index contributed by atoms with van der Waals surface area (Å²) in [5, 5.41) is 13.2. The number of nitrogens with one attached hydrogen (secondary N) is 1. The number of aromatic nitrogens is 1. The second-order valence-electron chi connectivity index (χ2n) is 4.10. The topological polar surface area (TPSA) is 79.3 Å². The summed E-state index contributed by atoms with van der Waals surface area (Å²) in [5.74, 6) is -3.38. The molecular weight excluding hydrogens is 302 g/mol. The molecule has 1 aromatic carbocycles. The summed E-state index contributed by atoms with van der Waals surface area (Å²) < 4.78 is 25.9. The van der Waals surface area contributed by atoms with Gasteiger partial charge in [-0.3, -0.25) is 4.79 Å². The Balaban J connectivity index is 1.90. The van der Waals surface area contributed by atoms with Crippen molar-refractivity contribution >= 4 is 23.2 Å². The van der Waals surface area contributed by atoms with E-state index in [4.69, 9.17) is 5.11 Å². The van der Waals surface area contributed by atoms with Crippen molar-refractivity contribution in [2.75, 3.05) is 6.54 Å². The van der Waals surface area contributed by atoms with Gasteiger partial charge in [-0.15, -0.1) is 11.3 Å². The predicted molar refractivity (Wildman–Crippen MR) is 71.5 cm³/mol. The standard InChI is InChI=1S/C13H10F2N2O3S/c14-8-3-7(4-9(15)5-8)12(18)16-2-1-11-17-10(6-21-11)13(19)20/h3-6H,1-2H2,(H,16,18)(H,19,20). The number of benzene rings is 1. The summed E-state index contributed by atoms with van der Waals surface area (Å²) in [5.41, 5.74) is -0.161. The van der Waals surface area contributed by atoms with E-state index in [-0.39, 0.29) is 17.8 Å². The van der Waals surface area contributed by atoms with Crippen molar-refractivity contribution in [3.05, 3.63) is 51.5 Å². The Morgan fingerprint density at radius 1 is 1.24 bits per heavy atom. The summed E-state index contributed by atoms with van der Waals surface area (Å²) in [6.45, 7) is 0.184. The highest BCUT2D eigenvalue weighted by molar-refractivity contribution is 7.09. The van der Waals surface area contributed by atoms with E-state index < -0.39 is 23.5 Å². The normalized spacial score (nSPS) is 10.4. The molecule has 2 N–H and O–H groups in total. The molecule has 0 bridgehead atoms. The first kappa shape index (κ1) is 15.0. The molecule has 0 saturated carbocycles. The molecule has 0 radical (unpaired) electrons. The van der Waals surface area contributed by atoms with Crippen LogP contribution in [0.25, 0.3) is 0 Å². The Kier molecular flexibility index (Phi) is 4.59. The van der Waals surface area contributed by atoms with Crippen LogP contribution in [0.5, 0.6) is 0 Å². The second kappa shape index (κ2) is 6.40. The highest BCUT2D eigenvalue weighted by Crippen LogP contribution is 2.10. The summed E-state index contributed by atoms with van der Waals surface area (Å²) in [4.78, 5) is 26.2. The molecule has 0 fully saturated rings. The van der Waals surface area contributed by atoms with Gasteiger partial charge in [-0.05, 0) is 12.1 Å². The van der Waals surface area contributed by atoms with Crippen LogP contribution in [-0.4, -0.2) is 28.5 Å². The Bertz CT molecular complexity index is 668. The number of hydrogen-bond acceptors (Lipinski definition) is 4. The number of halogens is 2. The molecule has 0 aliphatic carbocycles. The van der Waals surface area contributed by atoms with E-state index in [9.17, 15) is 18.4 Å². The van der Waals surface area contributed by atoms with Crippen LogP contribution in [0, 0.1) is 11.6 Å². The highest BCUT2D eigenvalue weighted by Gasteiger charge is 2.11. The molecule has 2 rings (SSSR count). The third kappa shape index (κ3) is 4.06. The Morgan fingerprint density at radius 3 is 2.48 bits per heavy atom. The number of carbonyl (C=O) groups is 2. The van der Waals surface area contributed by atoms with Crippen LogP contribution in [0.15, 0.2) is 23.6 Å². The number of thiazole rings is 1. The van der Waals surface area contributed by atoms with Gasteiger partial charge in [0, 0.05) is 30.0 Å². The minimum absolute atomic E-state index is 0.0477. The Labute approximate surface area is 122 Å². The van der Waals surface area contributed by atoms with Gasteiger partial charge in [-0.25, -0.2) is 18.6 Å². The first-order valence-electron chi connectivity index (χ1n) is 5.87. The maximum Gasteiger partial charge on any atom is 0.355 e. The van der Waals surface area contributed by atoms with E-state index in [2.05, 4.69) is 10.3 Å². The van der Waals surface area contributed by atoms with Crippen LogP contribution in [-0.2, 0) is 6.42 Å². The zero-order valence-corrected chi connectivity index (χ0v) is 11.4. The Hall–Kier alpha value is -2.35. The van der Waals surface area contributed by atoms with E-state index in [0.717, 1.165) is 12.1 Å². The van der Waals surface area contributed by atoms with Crippen molar-refractivity contribution in [1.82, 2.24) is 10.3 Å². The maximum atomic E-state index is 13.0. The number of carbonyl (C=O) groups excluding carboxylic acids is 1. The molecule has 0 aliphatic heterocycles. The number of carboxylic acids is 1. The van der Waals surface area contributed by atoms with Crippen molar-refractivity contribution in [3.8, 4) is 0 Å². The fraction of sp³-hybridized carbons (Fsp3) is 0.154.